The molecule has 2 nitrogen and oxygen atoms in total. The van der Waals surface area contributed by atoms with Gasteiger partial charge in [0.05, 0.1) is 6.61 Å². The minimum atomic E-state index is -0.0332. The second-order valence-electron chi connectivity index (χ2n) is 5.98. The normalized spacial score (nSPS) is 15.5. The maximum atomic E-state index is 9.54. The molecule has 0 aliphatic heterocycles. The van der Waals surface area contributed by atoms with Crippen LogP contribution in [0, 0.1) is 19.3 Å². The molecule has 0 saturated carbocycles. The van der Waals surface area contributed by atoms with Crippen molar-refractivity contribution in [2.75, 3.05) is 6.61 Å². The third-order valence-corrected chi connectivity index (χ3v) is 4.62. The van der Waals surface area contributed by atoms with Crippen LogP contribution < -0.4 is 5.73 Å². The number of thioether (sulfide) groups is 1. The minimum Gasteiger partial charge on any atom is -0.395 e. The molecule has 0 aliphatic carbocycles. The molecule has 0 radical (unpaired) electrons. The summed E-state index contributed by atoms with van der Waals surface area (Å²) in [5.41, 5.74) is 8.81. The van der Waals surface area contributed by atoms with Crippen molar-refractivity contribution >= 4 is 11.8 Å². The van der Waals surface area contributed by atoms with E-state index in [4.69, 9.17) is 5.73 Å². The van der Waals surface area contributed by atoms with Gasteiger partial charge in [-0.1, -0.05) is 26.8 Å². The number of aryl methyl sites for hydroxylation is 2. The Morgan fingerprint density at radius 1 is 1.22 bits per heavy atom. The van der Waals surface area contributed by atoms with Crippen LogP contribution in [0.1, 0.15) is 31.9 Å². The van der Waals surface area contributed by atoms with Gasteiger partial charge in [0.1, 0.15) is 0 Å². The van der Waals surface area contributed by atoms with Crippen molar-refractivity contribution in [3.8, 4) is 0 Å². The van der Waals surface area contributed by atoms with E-state index in [1.807, 2.05) is 0 Å². The third-order valence-electron chi connectivity index (χ3n) is 3.35. The molecule has 0 fully saturated rings. The summed E-state index contributed by atoms with van der Waals surface area (Å²) in [5, 5.41) is 9.58. The highest BCUT2D eigenvalue weighted by Crippen LogP contribution is 2.32. The Labute approximate surface area is 115 Å². The number of rotatable bonds is 4. The minimum absolute atomic E-state index is 0.000137. The molecule has 0 saturated heterocycles. The summed E-state index contributed by atoms with van der Waals surface area (Å²) in [6.07, 6.45) is 0. The molecule has 0 amide bonds. The number of aliphatic hydroxyl groups excluding tert-OH is 1. The summed E-state index contributed by atoms with van der Waals surface area (Å²) in [7, 11) is 0. The van der Waals surface area contributed by atoms with Crippen molar-refractivity contribution in [2.24, 2.45) is 11.1 Å². The van der Waals surface area contributed by atoms with Gasteiger partial charge < -0.3 is 10.8 Å². The van der Waals surface area contributed by atoms with Crippen molar-refractivity contribution in [2.45, 2.75) is 50.8 Å². The zero-order chi connectivity index (χ0) is 13.9. The lowest BCUT2D eigenvalue weighted by atomic mass is 9.85. The van der Waals surface area contributed by atoms with E-state index in [1.165, 1.54) is 16.0 Å². The maximum absolute atomic E-state index is 9.54. The summed E-state index contributed by atoms with van der Waals surface area (Å²) < 4.78 is 0. The molecule has 0 spiro atoms. The fourth-order valence-corrected chi connectivity index (χ4v) is 3.11. The van der Waals surface area contributed by atoms with Crippen molar-refractivity contribution < 1.29 is 5.11 Å². The average Bonchev–Trinajstić information content (AvgIpc) is 2.28. The predicted molar refractivity (Wildman–Crippen MR) is 80.1 cm³/mol. The van der Waals surface area contributed by atoms with Crippen LogP contribution in [0.3, 0.4) is 0 Å². The molecule has 1 rings (SSSR count). The molecule has 0 bridgehead atoms. The van der Waals surface area contributed by atoms with Crippen LogP contribution in [0.4, 0.5) is 0 Å². The lowest BCUT2D eigenvalue weighted by Crippen LogP contribution is -2.45. The maximum Gasteiger partial charge on any atom is 0.0568 e. The van der Waals surface area contributed by atoms with E-state index in [0.717, 1.165) is 0 Å². The number of aliphatic hydroxyl groups is 1. The van der Waals surface area contributed by atoms with Gasteiger partial charge in [-0.15, -0.1) is 11.8 Å². The van der Waals surface area contributed by atoms with Gasteiger partial charge in [-0.3, -0.25) is 0 Å². The van der Waals surface area contributed by atoms with Gasteiger partial charge in [0.2, 0.25) is 0 Å². The van der Waals surface area contributed by atoms with Gasteiger partial charge in [-0.25, -0.2) is 0 Å². The van der Waals surface area contributed by atoms with Crippen LogP contribution in [-0.4, -0.2) is 23.0 Å². The fourth-order valence-electron chi connectivity index (χ4n) is 1.74. The van der Waals surface area contributed by atoms with Crippen LogP contribution in [0.25, 0.3) is 0 Å². The Kier molecular flexibility index (Phi) is 5.26. The molecule has 0 heterocycles. The van der Waals surface area contributed by atoms with E-state index in [-0.39, 0.29) is 23.3 Å². The van der Waals surface area contributed by atoms with E-state index < -0.39 is 0 Å². The van der Waals surface area contributed by atoms with E-state index in [1.54, 1.807) is 11.8 Å². The second kappa shape index (κ2) is 6.09. The van der Waals surface area contributed by atoms with Crippen molar-refractivity contribution in [3.05, 3.63) is 29.3 Å². The van der Waals surface area contributed by atoms with E-state index >= 15 is 0 Å². The quantitative estimate of drug-likeness (QED) is 0.824. The standard InChI is InChI=1S/C15H25NOS/c1-10-6-7-12(8-11(10)2)18-13(9-17)14(16)15(3,4)5/h6-8,13-14,17H,9,16H2,1-5H3. The largest absolute Gasteiger partial charge is 0.395 e. The topological polar surface area (TPSA) is 46.2 Å². The van der Waals surface area contributed by atoms with Crippen molar-refractivity contribution in [1.82, 2.24) is 0 Å². The van der Waals surface area contributed by atoms with Gasteiger partial charge in [0.25, 0.3) is 0 Å². The van der Waals surface area contributed by atoms with Gasteiger partial charge in [0, 0.05) is 16.2 Å². The van der Waals surface area contributed by atoms with Crippen LogP contribution in [0.5, 0.6) is 0 Å². The summed E-state index contributed by atoms with van der Waals surface area (Å²) in [6.45, 7) is 10.7. The van der Waals surface area contributed by atoms with Crippen LogP contribution in [-0.2, 0) is 0 Å². The molecule has 3 N–H and O–H groups in total. The van der Waals surface area contributed by atoms with Crippen molar-refractivity contribution in [3.63, 3.8) is 0 Å². The Bertz CT molecular complexity index is 398. The lowest BCUT2D eigenvalue weighted by Gasteiger charge is -2.32. The number of nitrogens with two attached hydrogens (primary N) is 1. The Morgan fingerprint density at radius 3 is 2.28 bits per heavy atom. The molecular formula is C15H25NOS. The summed E-state index contributed by atoms with van der Waals surface area (Å²) >= 11 is 1.67. The Morgan fingerprint density at radius 2 is 1.83 bits per heavy atom. The smallest absolute Gasteiger partial charge is 0.0568 e. The van der Waals surface area contributed by atoms with Crippen LogP contribution >= 0.6 is 11.8 Å². The molecular weight excluding hydrogens is 242 g/mol. The van der Waals surface area contributed by atoms with Crippen molar-refractivity contribution in [1.29, 1.82) is 0 Å². The first-order chi connectivity index (χ1) is 8.25. The van der Waals surface area contributed by atoms with Gasteiger partial charge in [0.15, 0.2) is 0 Å². The zero-order valence-electron chi connectivity index (χ0n) is 12.0. The first kappa shape index (κ1) is 15.5. The SMILES string of the molecule is Cc1ccc(SC(CO)C(N)C(C)(C)C)cc1C. The third kappa shape index (κ3) is 4.01. The monoisotopic (exact) mass is 267 g/mol. The molecule has 0 aromatic heterocycles. The summed E-state index contributed by atoms with van der Waals surface area (Å²) in [6, 6.07) is 6.35. The van der Waals surface area contributed by atoms with E-state index in [2.05, 4.69) is 52.8 Å². The highest BCUT2D eigenvalue weighted by atomic mass is 32.2. The van der Waals surface area contributed by atoms with Gasteiger partial charge in [-0.2, -0.15) is 0 Å². The van der Waals surface area contributed by atoms with Gasteiger partial charge >= 0.3 is 0 Å². The predicted octanol–water partition coefficient (Wildman–Crippen LogP) is 3.13. The fraction of sp³-hybridized carbons (Fsp3) is 0.600. The number of benzene rings is 1. The highest BCUT2D eigenvalue weighted by molar-refractivity contribution is 8.00. The zero-order valence-corrected chi connectivity index (χ0v) is 12.8. The second-order valence-corrected chi connectivity index (χ2v) is 7.29. The molecule has 3 heteroatoms. The Balaban J connectivity index is 2.83. The van der Waals surface area contributed by atoms with E-state index in [9.17, 15) is 5.11 Å². The summed E-state index contributed by atoms with van der Waals surface area (Å²) in [5.74, 6) is 0. The van der Waals surface area contributed by atoms with Crippen LogP contribution in [0.2, 0.25) is 0 Å². The van der Waals surface area contributed by atoms with Gasteiger partial charge in [-0.05, 0) is 42.5 Å². The van der Waals surface area contributed by atoms with Crippen LogP contribution in [0.15, 0.2) is 23.1 Å². The molecule has 2 atom stereocenters. The molecule has 0 aliphatic rings. The average molecular weight is 267 g/mol. The highest BCUT2D eigenvalue weighted by Gasteiger charge is 2.29. The Hall–Kier alpha value is -0.510. The molecule has 2 unspecified atom stereocenters. The number of hydrogen-bond acceptors (Lipinski definition) is 3. The first-order valence-electron chi connectivity index (χ1n) is 6.36. The number of hydrogen-bond donors (Lipinski definition) is 2. The molecule has 1 aromatic carbocycles. The lowest BCUT2D eigenvalue weighted by molar-refractivity contribution is 0.233. The molecule has 18 heavy (non-hydrogen) atoms. The molecule has 1 aromatic rings. The first-order valence-corrected chi connectivity index (χ1v) is 7.24. The molecule has 102 valence electrons. The summed E-state index contributed by atoms with van der Waals surface area (Å²) in [4.78, 5) is 1.18. The van der Waals surface area contributed by atoms with E-state index in [0.29, 0.717) is 0 Å².